The van der Waals surface area contributed by atoms with Crippen molar-refractivity contribution in [2.45, 2.75) is 13.3 Å². The molecule has 0 fully saturated rings. The van der Waals surface area contributed by atoms with Gasteiger partial charge >= 0.3 is 5.97 Å². The van der Waals surface area contributed by atoms with Gasteiger partial charge in [0.1, 0.15) is 11.8 Å². The fourth-order valence-corrected chi connectivity index (χ4v) is 3.65. The van der Waals surface area contributed by atoms with Crippen molar-refractivity contribution < 1.29 is 9.53 Å². The molecule has 0 saturated heterocycles. The van der Waals surface area contributed by atoms with Gasteiger partial charge in [0, 0.05) is 23.7 Å². The van der Waals surface area contributed by atoms with Crippen molar-refractivity contribution in [2.24, 2.45) is 7.05 Å². The molecule has 1 aromatic heterocycles. The van der Waals surface area contributed by atoms with Gasteiger partial charge in [-0.15, -0.1) is 0 Å². The summed E-state index contributed by atoms with van der Waals surface area (Å²) in [6, 6.07) is 10.1. The molecule has 4 nitrogen and oxygen atoms in total. The maximum absolute atomic E-state index is 12.3. The van der Waals surface area contributed by atoms with Gasteiger partial charge in [-0.05, 0) is 29.9 Å². The number of nitrogens with zero attached hydrogens (tertiary/aromatic N) is 2. The highest BCUT2D eigenvalue weighted by Crippen LogP contribution is 2.35. The number of nitriles is 1. The average Bonchev–Trinajstić information content (AvgIpc) is 2.99. The first-order valence-corrected chi connectivity index (χ1v) is 8.92. The number of hydrogen-bond acceptors (Lipinski definition) is 4. The Bertz CT molecular complexity index is 899. The second kappa shape index (κ2) is 7.45. The number of benzene rings is 1. The van der Waals surface area contributed by atoms with Crippen molar-refractivity contribution in [2.75, 3.05) is 6.61 Å². The maximum atomic E-state index is 12.3. The van der Waals surface area contributed by atoms with Crippen molar-refractivity contribution in [3.63, 3.8) is 0 Å². The van der Waals surface area contributed by atoms with E-state index in [1.54, 1.807) is 36.5 Å². The first-order chi connectivity index (χ1) is 12.2. The third kappa shape index (κ3) is 3.40. The molecule has 126 valence electrons. The molecule has 0 amide bonds. The van der Waals surface area contributed by atoms with Crippen LogP contribution >= 0.6 is 11.8 Å². The van der Waals surface area contributed by atoms with Crippen molar-refractivity contribution in [3.8, 4) is 17.2 Å². The van der Waals surface area contributed by atoms with E-state index in [9.17, 15) is 10.1 Å². The first-order valence-electron chi connectivity index (χ1n) is 8.05. The third-order valence-electron chi connectivity index (χ3n) is 3.96. The van der Waals surface area contributed by atoms with Crippen LogP contribution in [-0.4, -0.2) is 17.1 Å². The topological polar surface area (TPSA) is 55.0 Å². The van der Waals surface area contributed by atoms with Gasteiger partial charge in [0.2, 0.25) is 0 Å². The molecule has 0 radical (unpaired) electrons. The highest BCUT2D eigenvalue weighted by molar-refractivity contribution is 8.11. The summed E-state index contributed by atoms with van der Waals surface area (Å²) < 4.78 is 6.82. The minimum absolute atomic E-state index is 0.295. The summed E-state index contributed by atoms with van der Waals surface area (Å²) in [7, 11) is 1.75. The summed E-state index contributed by atoms with van der Waals surface area (Å²) in [5.74, 6) is -0.416. The smallest absolute Gasteiger partial charge is 0.355 e. The molecule has 0 bridgehead atoms. The second-order valence-corrected chi connectivity index (χ2v) is 6.53. The predicted octanol–water partition coefficient (Wildman–Crippen LogP) is 4.73. The predicted molar refractivity (Wildman–Crippen MR) is 101 cm³/mol. The van der Waals surface area contributed by atoms with Crippen LogP contribution < -0.4 is 0 Å². The molecule has 5 heteroatoms. The monoisotopic (exact) mass is 350 g/mol. The van der Waals surface area contributed by atoms with Gasteiger partial charge in [-0.2, -0.15) is 5.26 Å². The molecule has 2 aromatic rings. The van der Waals surface area contributed by atoms with E-state index in [0.29, 0.717) is 23.4 Å². The quantitative estimate of drug-likeness (QED) is 0.748. The maximum Gasteiger partial charge on any atom is 0.355 e. The summed E-state index contributed by atoms with van der Waals surface area (Å²) in [6.45, 7) is 2.06. The number of esters is 1. The molecule has 1 aliphatic heterocycles. The van der Waals surface area contributed by atoms with Gasteiger partial charge in [-0.3, -0.25) is 0 Å². The summed E-state index contributed by atoms with van der Waals surface area (Å²) in [5.41, 5.74) is 3.46. The van der Waals surface area contributed by atoms with Crippen molar-refractivity contribution in [3.05, 3.63) is 64.8 Å². The number of ether oxygens (including phenoxy) is 1. The Labute approximate surface area is 151 Å². The molecule has 0 saturated carbocycles. The van der Waals surface area contributed by atoms with E-state index >= 15 is 0 Å². The number of aromatic nitrogens is 1. The van der Waals surface area contributed by atoms with Gasteiger partial charge in [0.15, 0.2) is 0 Å². The van der Waals surface area contributed by atoms with E-state index in [1.807, 2.05) is 24.3 Å². The number of aryl methyl sites for hydroxylation is 1. The Morgan fingerprint density at radius 1 is 1.32 bits per heavy atom. The Morgan fingerprint density at radius 2 is 2.04 bits per heavy atom. The summed E-state index contributed by atoms with van der Waals surface area (Å²) in [4.78, 5) is 13.5. The van der Waals surface area contributed by atoms with Gasteiger partial charge < -0.3 is 9.30 Å². The van der Waals surface area contributed by atoms with Crippen LogP contribution in [0.3, 0.4) is 0 Å². The van der Waals surface area contributed by atoms with Crippen LogP contribution in [0.15, 0.2) is 48.0 Å². The van der Waals surface area contributed by atoms with E-state index in [1.165, 1.54) is 4.91 Å². The number of thioether (sulfide) groups is 1. The minimum atomic E-state index is -0.416. The molecule has 0 unspecified atom stereocenters. The fourth-order valence-electron chi connectivity index (χ4n) is 2.84. The molecule has 0 N–H and O–H groups in total. The third-order valence-corrected chi connectivity index (χ3v) is 4.94. The van der Waals surface area contributed by atoms with Crippen LogP contribution in [0, 0.1) is 11.3 Å². The van der Waals surface area contributed by atoms with Gasteiger partial charge in [-0.25, -0.2) is 4.79 Å². The largest absolute Gasteiger partial charge is 0.461 e. The molecule has 25 heavy (non-hydrogen) atoms. The zero-order valence-electron chi connectivity index (χ0n) is 14.2. The molecule has 3 rings (SSSR count). The summed E-state index contributed by atoms with van der Waals surface area (Å²) in [6.07, 6.45) is 6.92. The van der Waals surface area contributed by atoms with Crippen molar-refractivity contribution >= 4 is 22.6 Å². The Hall–Kier alpha value is -2.71. The number of carbonyl (C=O) groups excluding carboxylic acids is 1. The molecule has 0 aliphatic carbocycles. The molecular formula is C20H18N2O2S. The molecule has 0 spiro atoms. The Morgan fingerprint density at radius 3 is 2.64 bits per heavy atom. The lowest BCUT2D eigenvalue weighted by molar-refractivity contribution is 0.0516. The SMILES string of the molecule is CCOC(=O)c1c(-c2ccc(C3=CCC=CS3)cc2)c(C#N)cn1C. The fraction of sp³-hybridized carbons (Fsp3) is 0.200. The first kappa shape index (κ1) is 17.1. The average molecular weight is 350 g/mol. The Balaban J connectivity index is 2.02. The van der Waals surface area contributed by atoms with Crippen LogP contribution in [-0.2, 0) is 11.8 Å². The van der Waals surface area contributed by atoms with Gasteiger partial charge in [0.05, 0.1) is 12.2 Å². The van der Waals surface area contributed by atoms with Crippen molar-refractivity contribution in [1.29, 1.82) is 5.26 Å². The van der Waals surface area contributed by atoms with Crippen LogP contribution in [0.25, 0.3) is 16.0 Å². The van der Waals surface area contributed by atoms with Gasteiger partial charge in [0.25, 0.3) is 0 Å². The highest BCUT2D eigenvalue weighted by atomic mass is 32.2. The molecule has 2 heterocycles. The zero-order valence-corrected chi connectivity index (χ0v) is 15.0. The molecule has 1 aromatic carbocycles. The van der Waals surface area contributed by atoms with E-state index in [2.05, 4.69) is 23.6 Å². The van der Waals surface area contributed by atoms with E-state index in [-0.39, 0.29) is 0 Å². The number of carbonyl (C=O) groups is 1. The normalized spacial score (nSPS) is 13.2. The van der Waals surface area contributed by atoms with Crippen LogP contribution in [0.1, 0.15) is 35.0 Å². The lowest BCUT2D eigenvalue weighted by Gasteiger charge is -2.10. The number of rotatable bonds is 4. The van der Waals surface area contributed by atoms with Gasteiger partial charge in [-0.1, -0.05) is 48.2 Å². The highest BCUT2D eigenvalue weighted by Gasteiger charge is 2.22. The van der Waals surface area contributed by atoms with Crippen LogP contribution in [0.4, 0.5) is 0 Å². The lowest BCUT2D eigenvalue weighted by atomic mass is 10.00. The van der Waals surface area contributed by atoms with Crippen LogP contribution in [0.5, 0.6) is 0 Å². The summed E-state index contributed by atoms with van der Waals surface area (Å²) in [5, 5.41) is 11.5. The number of hydrogen-bond donors (Lipinski definition) is 0. The molecular weight excluding hydrogens is 332 g/mol. The lowest BCUT2D eigenvalue weighted by Crippen LogP contribution is -2.10. The minimum Gasteiger partial charge on any atom is -0.461 e. The second-order valence-electron chi connectivity index (χ2n) is 5.58. The summed E-state index contributed by atoms with van der Waals surface area (Å²) >= 11 is 1.69. The molecule has 1 aliphatic rings. The standard InChI is InChI=1S/C20H18N2O2S/c1-3-24-20(23)19-18(16(12-21)13-22(19)2)15-9-7-14(8-10-15)17-6-4-5-11-25-17/h5-11,13H,3-4H2,1-2H3. The van der Waals surface area contributed by atoms with Crippen molar-refractivity contribution in [1.82, 2.24) is 4.57 Å². The van der Waals surface area contributed by atoms with E-state index < -0.39 is 5.97 Å². The van der Waals surface area contributed by atoms with Crippen LogP contribution in [0.2, 0.25) is 0 Å². The van der Waals surface area contributed by atoms with E-state index in [0.717, 1.165) is 17.5 Å². The van der Waals surface area contributed by atoms with E-state index in [4.69, 9.17) is 4.74 Å². The molecule has 0 atom stereocenters. The Kier molecular flexibility index (Phi) is 5.11. The number of allylic oxidation sites excluding steroid dienone is 2. The zero-order chi connectivity index (χ0) is 17.8.